The summed E-state index contributed by atoms with van der Waals surface area (Å²) in [6.07, 6.45) is -0.113. The zero-order chi connectivity index (χ0) is 71.2. The predicted octanol–water partition coefficient (Wildman–Crippen LogP) is 1.66. The minimum Gasteiger partial charge on any atom is -0.508 e. The number of rotatable bonds is 41. The summed E-state index contributed by atoms with van der Waals surface area (Å²) in [6, 6.07) is 6.25. The molecular weight excluding hydrogens is 1230 g/mol. The van der Waals surface area contributed by atoms with Crippen LogP contribution in [0.2, 0.25) is 0 Å². The van der Waals surface area contributed by atoms with E-state index in [0.717, 1.165) is 0 Å². The molecule has 9 amide bonds. The van der Waals surface area contributed by atoms with Crippen molar-refractivity contribution in [3.05, 3.63) is 95.6 Å². The summed E-state index contributed by atoms with van der Waals surface area (Å²) in [4.78, 5) is 157. The Morgan fingerprint density at radius 1 is 0.421 bits per heavy atom. The Morgan fingerprint density at radius 3 is 1.16 bits per heavy atom. The van der Waals surface area contributed by atoms with Crippen molar-refractivity contribution in [2.45, 2.75) is 200 Å². The number of phenols is 2. The molecular formula is C67H101N13O15. The number of aliphatic carboxylic acids is 2. The lowest BCUT2D eigenvalue weighted by Gasteiger charge is -2.31. The van der Waals surface area contributed by atoms with Crippen molar-refractivity contribution in [3.63, 3.8) is 0 Å². The monoisotopic (exact) mass is 1330 g/mol. The molecule has 0 bridgehead atoms. The standard InChI is InChI=1S/C67H101N13O15/c1-11-38(8)54(79-65(93)55(39(9)12-2)78-63(91)52(34-43-23-27-45(82)28-24-43)73-57(85)46(68)35-53(83)84)64(92)77-51(33-42-21-25-44(81)26-22-42)60(88)72-47(20-17-29-71-67(69)70)58(86)76-50(32-41-18-15-14-16-19-41)61(89)74-48(30-36(4)5)59(87)75-49(31-37(6)7)62(90)80-56(66(94)95)40(10)13-3/h14-16,18-19,21-28,36-40,46-52,54-56,81-82H,11-13,17,20,29-35,68H2,1-10H3,(H,72,88)(H,73,85)(H,74,89)(H,75,87)(H,76,86)(H,77,92)(H,78,91)(H,79,93)(H,80,90)(H,83,84)(H,94,95)(H4,69,70,71)/t38-,39-,40-,46-,47-,48-,49-,50-,51-,52-,54-,55-,56-/m0/s1. The molecule has 0 saturated heterocycles. The first-order chi connectivity index (χ1) is 44.8. The third kappa shape index (κ3) is 28.0. The van der Waals surface area contributed by atoms with Crippen molar-refractivity contribution in [2.75, 3.05) is 6.54 Å². The van der Waals surface area contributed by atoms with E-state index in [1.807, 2.05) is 27.7 Å². The molecule has 19 N–H and O–H groups in total. The van der Waals surface area contributed by atoms with E-state index in [-0.39, 0.29) is 80.8 Å². The first kappa shape index (κ1) is 79.9. The number of nitrogens with one attached hydrogen (secondary N) is 9. The number of carboxylic acid groups (broad SMARTS) is 2. The lowest BCUT2D eigenvalue weighted by Crippen LogP contribution is -2.62. The van der Waals surface area contributed by atoms with E-state index in [4.69, 9.17) is 17.2 Å². The molecule has 0 radical (unpaired) electrons. The number of amides is 9. The smallest absolute Gasteiger partial charge is 0.326 e. The number of aliphatic imine (C=N–C) groups is 1. The number of carbonyl (C=O) groups excluding carboxylic acids is 9. The largest absolute Gasteiger partial charge is 0.508 e. The molecule has 0 heterocycles. The number of hydrogen-bond acceptors (Lipinski definition) is 15. The molecule has 0 spiro atoms. The quantitative estimate of drug-likeness (QED) is 0.0218. The van der Waals surface area contributed by atoms with Gasteiger partial charge >= 0.3 is 11.9 Å². The first-order valence-corrected chi connectivity index (χ1v) is 32.4. The second kappa shape index (κ2) is 40.0. The minimum atomic E-state index is -1.55. The van der Waals surface area contributed by atoms with Gasteiger partial charge in [0.1, 0.15) is 65.9 Å². The van der Waals surface area contributed by atoms with Gasteiger partial charge in [-0.15, -0.1) is 0 Å². The Labute approximate surface area is 555 Å². The summed E-state index contributed by atoms with van der Waals surface area (Å²) in [5.41, 5.74) is 18.6. The zero-order valence-corrected chi connectivity index (χ0v) is 56.1. The topological polar surface area (TPSA) is 467 Å². The Balaban J connectivity index is 2.08. The van der Waals surface area contributed by atoms with E-state index < -0.39 is 150 Å². The number of carbonyl (C=O) groups is 11. The number of phenolic OH excluding ortho intramolecular Hbond substituents is 2. The maximum Gasteiger partial charge on any atom is 0.326 e. The minimum absolute atomic E-state index is 0.0109. The van der Waals surface area contributed by atoms with Gasteiger partial charge in [-0.25, -0.2) is 4.79 Å². The van der Waals surface area contributed by atoms with E-state index >= 15 is 0 Å². The van der Waals surface area contributed by atoms with Crippen LogP contribution < -0.4 is 65.1 Å². The van der Waals surface area contributed by atoms with E-state index in [0.29, 0.717) is 36.0 Å². The third-order valence-corrected chi connectivity index (χ3v) is 16.3. The average molecular weight is 1330 g/mol. The molecule has 524 valence electrons. The highest BCUT2D eigenvalue weighted by molar-refractivity contribution is 5.99. The van der Waals surface area contributed by atoms with Crippen LogP contribution >= 0.6 is 0 Å². The molecule has 0 unspecified atom stereocenters. The van der Waals surface area contributed by atoms with E-state index in [1.54, 1.807) is 71.9 Å². The fourth-order valence-corrected chi connectivity index (χ4v) is 10.1. The lowest BCUT2D eigenvalue weighted by atomic mass is 9.94. The predicted molar refractivity (Wildman–Crippen MR) is 356 cm³/mol. The van der Waals surface area contributed by atoms with Gasteiger partial charge in [-0.2, -0.15) is 0 Å². The Kier molecular flexibility index (Phi) is 33.7. The SMILES string of the molecule is CC[C@H](C)[C@H](NC(=O)[C@H](CC(C)C)NC(=O)[C@H](CC(C)C)NC(=O)[C@H](Cc1ccccc1)NC(=O)[C@H](CCCN=C(N)N)NC(=O)[C@H](Cc1ccc(O)cc1)NC(=O)[C@@H](NC(=O)[C@@H](NC(=O)[C@H](Cc1ccc(O)cc1)NC(=O)[C@@H](N)CC(=O)O)[C@@H](C)CC)[C@@H](C)CC)C(=O)O. The fourth-order valence-electron chi connectivity index (χ4n) is 10.1. The van der Waals surface area contributed by atoms with E-state index in [2.05, 4.69) is 52.8 Å². The van der Waals surface area contributed by atoms with Crippen LogP contribution in [0, 0.1) is 29.6 Å². The average Bonchev–Trinajstić information content (AvgIpc) is 0.861. The zero-order valence-electron chi connectivity index (χ0n) is 56.1. The van der Waals surface area contributed by atoms with Crippen molar-refractivity contribution in [1.29, 1.82) is 0 Å². The van der Waals surface area contributed by atoms with Gasteiger partial charge < -0.3 is 85.5 Å². The maximum absolute atomic E-state index is 15.0. The van der Waals surface area contributed by atoms with Crippen molar-refractivity contribution in [3.8, 4) is 11.5 Å². The lowest BCUT2D eigenvalue weighted by molar-refractivity contribution is -0.144. The number of guanidine groups is 1. The Hall–Kier alpha value is -9.34. The van der Waals surface area contributed by atoms with Gasteiger partial charge in [-0.1, -0.05) is 143 Å². The molecule has 3 rings (SSSR count). The summed E-state index contributed by atoms with van der Waals surface area (Å²) in [7, 11) is 0. The van der Waals surface area contributed by atoms with Crippen molar-refractivity contribution >= 4 is 71.1 Å². The number of benzene rings is 3. The van der Waals surface area contributed by atoms with E-state index in [9.17, 15) is 73.2 Å². The highest BCUT2D eigenvalue weighted by atomic mass is 16.4. The maximum atomic E-state index is 15.0. The van der Waals surface area contributed by atoms with E-state index in [1.165, 1.54) is 48.5 Å². The molecule has 0 saturated carbocycles. The molecule has 0 aliphatic carbocycles. The van der Waals surface area contributed by atoms with Crippen LogP contribution in [-0.4, -0.2) is 158 Å². The molecule has 28 heteroatoms. The van der Waals surface area contributed by atoms with Crippen molar-refractivity contribution in [1.82, 2.24) is 47.9 Å². The van der Waals surface area contributed by atoms with Crippen LogP contribution in [0.4, 0.5) is 0 Å². The second-order valence-electron chi connectivity index (χ2n) is 25.2. The summed E-state index contributed by atoms with van der Waals surface area (Å²) in [5, 5.41) is 63.7. The molecule has 28 nitrogen and oxygen atoms in total. The molecule has 3 aromatic rings. The van der Waals surface area contributed by atoms with Crippen LogP contribution in [0.5, 0.6) is 11.5 Å². The molecule has 0 aliphatic heterocycles. The van der Waals surface area contributed by atoms with Crippen molar-refractivity contribution < 1.29 is 73.2 Å². The number of nitrogens with two attached hydrogens (primary N) is 3. The van der Waals surface area contributed by atoms with Gasteiger partial charge in [0, 0.05) is 25.8 Å². The highest BCUT2D eigenvalue weighted by Gasteiger charge is 2.39. The van der Waals surface area contributed by atoms with Gasteiger partial charge in [-0.05, 0) is 96.2 Å². The summed E-state index contributed by atoms with van der Waals surface area (Å²) in [6.45, 7) is 17.6. The van der Waals surface area contributed by atoms with Crippen LogP contribution in [-0.2, 0) is 72.0 Å². The summed E-state index contributed by atoms with van der Waals surface area (Å²) in [5.74, 6) is -12.6. The Morgan fingerprint density at radius 2 is 0.747 bits per heavy atom. The van der Waals surface area contributed by atoms with Crippen molar-refractivity contribution in [2.24, 2.45) is 51.8 Å². The number of carboxylic acids is 2. The van der Waals surface area contributed by atoms with Gasteiger partial charge in [0.15, 0.2) is 5.96 Å². The highest BCUT2D eigenvalue weighted by Crippen LogP contribution is 2.19. The number of aromatic hydroxyl groups is 2. The second-order valence-corrected chi connectivity index (χ2v) is 25.2. The normalized spacial score (nSPS) is 15.3. The summed E-state index contributed by atoms with van der Waals surface area (Å²) < 4.78 is 0. The van der Waals surface area contributed by atoms with Gasteiger partial charge in [0.25, 0.3) is 0 Å². The molecule has 0 aliphatic rings. The van der Waals surface area contributed by atoms with Gasteiger partial charge in [-0.3, -0.25) is 52.9 Å². The summed E-state index contributed by atoms with van der Waals surface area (Å²) >= 11 is 0. The van der Waals surface area contributed by atoms with Crippen LogP contribution in [0.15, 0.2) is 83.9 Å². The Bertz CT molecular complexity index is 3060. The molecule has 13 atom stereocenters. The molecule has 0 fully saturated rings. The molecule has 3 aromatic carbocycles. The van der Waals surface area contributed by atoms with Gasteiger partial charge in [0.2, 0.25) is 53.2 Å². The van der Waals surface area contributed by atoms with Crippen LogP contribution in [0.1, 0.15) is 137 Å². The first-order valence-electron chi connectivity index (χ1n) is 32.4. The fraction of sp³-hybridized carbons (Fsp3) is 0.552. The number of nitrogens with zero attached hydrogens (tertiary/aromatic N) is 1. The van der Waals surface area contributed by atoms with Crippen LogP contribution in [0.3, 0.4) is 0 Å². The molecule has 0 aromatic heterocycles. The number of hydrogen-bond donors (Lipinski definition) is 16. The van der Waals surface area contributed by atoms with Crippen LogP contribution in [0.25, 0.3) is 0 Å². The molecule has 95 heavy (non-hydrogen) atoms. The third-order valence-electron chi connectivity index (χ3n) is 16.3. The van der Waals surface area contributed by atoms with Gasteiger partial charge in [0.05, 0.1) is 12.5 Å².